The van der Waals surface area contributed by atoms with E-state index in [0.717, 1.165) is 5.56 Å². The number of non-ortho nitro benzene ring substituents is 1. The van der Waals surface area contributed by atoms with Crippen LogP contribution in [-0.4, -0.2) is 11.1 Å². The van der Waals surface area contributed by atoms with Crippen molar-refractivity contribution in [3.63, 3.8) is 0 Å². The molecule has 0 spiro atoms. The Hall–Kier alpha value is -1.71. The topological polar surface area (TPSA) is 67.0 Å². The molecule has 0 saturated carbocycles. The summed E-state index contributed by atoms with van der Waals surface area (Å²) in [6.07, 6.45) is 1.67. The number of rotatable bonds is 3. The van der Waals surface area contributed by atoms with Crippen molar-refractivity contribution in [2.75, 3.05) is 0 Å². The second kappa shape index (κ2) is 3.61. The van der Waals surface area contributed by atoms with Crippen molar-refractivity contribution < 1.29 is 4.92 Å². The fourth-order valence-electron chi connectivity index (χ4n) is 0.915. The van der Waals surface area contributed by atoms with Gasteiger partial charge >= 0.3 is 0 Å². The highest BCUT2D eigenvalue weighted by Gasteiger charge is 2.03. The van der Waals surface area contributed by atoms with E-state index in [-0.39, 0.29) is 5.69 Å². The zero-order valence-corrected chi connectivity index (χ0v) is 6.36. The fourth-order valence-corrected chi connectivity index (χ4v) is 0.915. The Kier molecular flexibility index (Phi) is 2.53. The normalized spacial score (nSPS) is 9.33. The molecule has 4 heteroatoms. The highest BCUT2D eigenvalue weighted by atomic mass is 16.6. The van der Waals surface area contributed by atoms with Gasteiger partial charge in [0.25, 0.3) is 5.69 Å². The summed E-state index contributed by atoms with van der Waals surface area (Å²) in [4.78, 5) is 9.87. The van der Waals surface area contributed by atoms with Crippen LogP contribution in [0.5, 0.6) is 0 Å². The number of nitrogens with zero attached hydrogens (tertiary/aromatic N) is 1. The third-order valence-electron chi connectivity index (χ3n) is 1.46. The second-order valence-corrected chi connectivity index (χ2v) is 2.34. The SMILES string of the molecule is N=CCc1cccc([N+](=O)[O-])c1. The van der Waals surface area contributed by atoms with Crippen LogP contribution in [0, 0.1) is 15.5 Å². The van der Waals surface area contributed by atoms with Crippen molar-refractivity contribution in [3.05, 3.63) is 39.9 Å². The molecule has 0 aliphatic rings. The van der Waals surface area contributed by atoms with Crippen molar-refractivity contribution >= 4 is 11.9 Å². The standard InChI is InChI=1S/C8H8N2O2/c9-5-4-7-2-1-3-8(6-7)10(11)12/h1-3,5-6,9H,4H2. The zero-order valence-electron chi connectivity index (χ0n) is 6.36. The molecule has 4 nitrogen and oxygen atoms in total. The molecule has 62 valence electrons. The van der Waals surface area contributed by atoms with E-state index < -0.39 is 4.92 Å². The predicted molar refractivity (Wildman–Crippen MR) is 45.6 cm³/mol. The molecule has 0 aliphatic carbocycles. The van der Waals surface area contributed by atoms with E-state index in [2.05, 4.69) is 0 Å². The second-order valence-electron chi connectivity index (χ2n) is 2.34. The average molecular weight is 164 g/mol. The van der Waals surface area contributed by atoms with Gasteiger partial charge in [0, 0.05) is 18.6 Å². The summed E-state index contributed by atoms with van der Waals surface area (Å²) in [5, 5.41) is 17.1. The summed E-state index contributed by atoms with van der Waals surface area (Å²) >= 11 is 0. The van der Waals surface area contributed by atoms with E-state index in [4.69, 9.17) is 5.41 Å². The minimum atomic E-state index is -0.437. The van der Waals surface area contributed by atoms with Crippen molar-refractivity contribution in [3.8, 4) is 0 Å². The Morgan fingerprint density at radius 3 is 2.92 bits per heavy atom. The van der Waals surface area contributed by atoms with E-state index >= 15 is 0 Å². The first-order chi connectivity index (χ1) is 5.74. The molecule has 0 unspecified atom stereocenters. The summed E-state index contributed by atoms with van der Waals surface area (Å²) < 4.78 is 0. The van der Waals surface area contributed by atoms with E-state index in [1.807, 2.05) is 0 Å². The van der Waals surface area contributed by atoms with Crippen LogP contribution in [0.15, 0.2) is 24.3 Å². The van der Waals surface area contributed by atoms with E-state index in [0.29, 0.717) is 6.42 Å². The molecule has 0 fully saturated rings. The maximum absolute atomic E-state index is 10.3. The number of benzene rings is 1. The first kappa shape index (κ1) is 8.39. The summed E-state index contributed by atoms with van der Waals surface area (Å²) in [6.45, 7) is 0. The Morgan fingerprint density at radius 1 is 1.58 bits per heavy atom. The number of nitro groups is 1. The summed E-state index contributed by atoms with van der Waals surface area (Å²) in [5.41, 5.74) is 0.869. The third-order valence-corrected chi connectivity index (χ3v) is 1.46. The average Bonchev–Trinajstić information content (AvgIpc) is 2.05. The molecule has 0 heterocycles. The van der Waals surface area contributed by atoms with Crippen LogP contribution in [0.4, 0.5) is 5.69 Å². The minimum absolute atomic E-state index is 0.0781. The van der Waals surface area contributed by atoms with Gasteiger partial charge in [-0.15, -0.1) is 0 Å². The lowest BCUT2D eigenvalue weighted by molar-refractivity contribution is -0.384. The molecule has 1 aromatic carbocycles. The van der Waals surface area contributed by atoms with Gasteiger partial charge < -0.3 is 5.41 Å². The molecule has 0 aromatic heterocycles. The quantitative estimate of drug-likeness (QED) is 0.420. The van der Waals surface area contributed by atoms with Crippen LogP contribution in [0.2, 0.25) is 0 Å². The maximum Gasteiger partial charge on any atom is 0.269 e. The molecule has 1 aromatic rings. The molecule has 0 bridgehead atoms. The van der Waals surface area contributed by atoms with Gasteiger partial charge in [0.2, 0.25) is 0 Å². The maximum atomic E-state index is 10.3. The van der Waals surface area contributed by atoms with Crippen LogP contribution in [0.1, 0.15) is 5.56 Å². The minimum Gasteiger partial charge on any atom is -0.313 e. The van der Waals surface area contributed by atoms with Gasteiger partial charge in [-0.1, -0.05) is 12.1 Å². The molecule has 0 radical (unpaired) electrons. The van der Waals surface area contributed by atoms with Crippen LogP contribution in [0.3, 0.4) is 0 Å². The van der Waals surface area contributed by atoms with Gasteiger partial charge in [-0.25, -0.2) is 0 Å². The Labute approximate surface area is 69.5 Å². The summed E-state index contributed by atoms with van der Waals surface area (Å²) in [5.74, 6) is 0. The van der Waals surface area contributed by atoms with Crippen molar-refractivity contribution in [1.29, 1.82) is 5.41 Å². The molecule has 0 aliphatic heterocycles. The monoisotopic (exact) mass is 164 g/mol. The van der Waals surface area contributed by atoms with Crippen LogP contribution in [0.25, 0.3) is 0 Å². The highest BCUT2D eigenvalue weighted by molar-refractivity contribution is 5.58. The van der Waals surface area contributed by atoms with Crippen molar-refractivity contribution in [1.82, 2.24) is 0 Å². The number of nitro benzene ring substituents is 1. The number of hydrogen-bond donors (Lipinski definition) is 1. The van der Waals surface area contributed by atoms with Gasteiger partial charge in [-0.3, -0.25) is 10.1 Å². The first-order valence-electron chi connectivity index (χ1n) is 3.46. The van der Waals surface area contributed by atoms with Gasteiger partial charge in [0.1, 0.15) is 0 Å². The van der Waals surface area contributed by atoms with E-state index in [1.54, 1.807) is 12.1 Å². The lowest BCUT2D eigenvalue weighted by atomic mass is 10.1. The summed E-state index contributed by atoms with van der Waals surface area (Å²) in [6, 6.07) is 6.30. The number of hydrogen-bond acceptors (Lipinski definition) is 3. The van der Waals surface area contributed by atoms with Crippen LogP contribution in [-0.2, 0) is 6.42 Å². The molecular weight excluding hydrogens is 156 g/mol. The van der Waals surface area contributed by atoms with Gasteiger partial charge in [0.15, 0.2) is 0 Å². The van der Waals surface area contributed by atoms with Crippen molar-refractivity contribution in [2.24, 2.45) is 0 Å². The highest BCUT2D eigenvalue weighted by Crippen LogP contribution is 2.12. The Balaban J connectivity index is 2.95. The lowest BCUT2D eigenvalue weighted by Gasteiger charge is -1.94. The summed E-state index contributed by atoms with van der Waals surface area (Å²) in [7, 11) is 0. The molecule has 12 heavy (non-hydrogen) atoms. The molecule has 1 rings (SSSR count). The molecular formula is C8H8N2O2. The lowest BCUT2D eigenvalue weighted by Crippen LogP contribution is -1.90. The zero-order chi connectivity index (χ0) is 8.97. The van der Waals surface area contributed by atoms with Crippen molar-refractivity contribution in [2.45, 2.75) is 6.42 Å². The molecule has 0 amide bonds. The van der Waals surface area contributed by atoms with Gasteiger partial charge in [-0.2, -0.15) is 0 Å². The Bertz CT molecular complexity index is 310. The predicted octanol–water partition coefficient (Wildman–Crippen LogP) is 1.79. The van der Waals surface area contributed by atoms with Gasteiger partial charge in [-0.05, 0) is 11.8 Å². The molecule has 0 saturated heterocycles. The molecule has 1 N–H and O–H groups in total. The Morgan fingerprint density at radius 2 is 2.33 bits per heavy atom. The van der Waals surface area contributed by atoms with Gasteiger partial charge in [0.05, 0.1) is 4.92 Å². The smallest absolute Gasteiger partial charge is 0.269 e. The van der Waals surface area contributed by atoms with E-state index in [9.17, 15) is 10.1 Å². The van der Waals surface area contributed by atoms with Crippen LogP contribution >= 0.6 is 0 Å². The number of nitrogens with one attached hydrogen (secondary N) is 1. The molecule has 0 atom stereocenters. The largest absolute Gasteiger partial charge is 0.313 e. The first-order valence-corrected chi connectivity index (χ1v) is 3.46. The van der Waals surface area contributed by atoms with E-state index in [1.165, 1.54) is 18.3 Å². The fraction of sp³-hybridized carbons (Fsp3) is 0.125. The van der Waals surface area contributed by atoms with Crippen LogP contribution < -0.4 is 0 Å². The third kappa shape index (κ3) is 1.88.